The Kier molecular flexibility index (Phi) is 4.36. The molecule has 0 radical (unpaired) electrons. The number of rotatable bonds is 4. The molecule has 0 fully saturated rings. The number of nitrogens with zero attached hydrogens (tertiary/aromatic N) is 1. The van der Waals surface area contributed by atoms with Crippen LogP contribution < -0.4 is 9.46 Å². The summed E-state index contributed by atoms with van der Waals surface area (Å²) in [6.07, 6.45) is 0. The molecule has 2 aromatic carbocycles. The number of nitrogens with one attached hydrogen (secondary N) is 1. The van der Waals surface area contributed by atoms with Crippen LogP contribution in [0.15, 0.2) is 47.4 Å². The fraction of sp³-hybridized carbons (Fsp3) is 0.0714. The van der Waals surface area contributed by atoms with Crippen molar-refractivity contribution in [1.82, 2.24) is 0 Å². The van der Waals surface area contributed by atoms with Crippen LogP contribution in [-0.4, -0.2) is 15.5 Å². The van der Waals surface area contributed by atoms with Crippen molar-refractivity contribution < 1.29 is 13.2 Å². The van der Waals surface area contributed by atoms with Crippen molar-refractivity contribution in [2.45, 2.75) is 4.90 Å². The molecule has 0 atom stereocenters. The number of hydrogen-bond donors (Lipinski definition) is 1. The molecular formula is C14H11ClN2O3S. The third kappa shape index (κ3) is 3.45. The Labute approximate surface area is 127 Å². The second-order valence-electron chi connectivity index (χ2n) is 4.09. The highest BCUT2D eigenvalue weighted by atomic mass is 35.5. The first kappa shape index (κ1) is 15.2. The highest BCUT2D eigenvalue weighted by Gasteiger charge is 2.15. The molecule has 0 spiro atoms. The maximum Gasteiger partial charge on any atom is 0.261 e. The predicted molar refractivity (Wildman–Crippen MR) is 80.0 cm³/mol. The van der Waals surface area contributed by atoms with Gasteiger partial charge in [0.25, 0.3) is 10.0 Å². The van der Waals surface area contributed by atoms with E-state index in [9.17, 15) is 8.42 Å². The van der Waals surface area contributed by atoms with Crippen molar-refractivity contribution in [2.75, 3.05) is 11.8 Å². The van der Waals surface area contributed by atoms with E-state index in [0.29, 0.717) is 16.5 Å². The van der Waals surface area contributed by atoms with Crippen LogP contribution in [0.4, 0.5) is 5.69 Å². The van der Waals surface area contributed by atoms with E-state index >= 15 is 0 Å². The fourth-order valence-corrected chi connectivity index (χ4v) is 2.96. The van der Waals surface area contributed by atoms with Gasteiger partial charge in [-0.2, -0.15) is 5.26 Å². The highest BCUT2D eigenvalue weighted by molar-refractivity contribution is 7.92. The fourth-order valence-electron chi connectivity index (χ4n) is 1.67. The average Bonchev–Trinajstić information content (AvgIpc) is 2.49. The minimum atomic E-state index is -3.78. The summed E-state index contributed by atoms with van der Waals surface area (Å²) >= 11 is 5.89. The van der Waals surface area contributed by atoms with Gasteiger partial charge in [0.05, 0.1) is 34.3 Å². The first-order valence-corrected chi connectivity index (χ1v) is 7.69. The number of benzene rings is 2. The smallest absolute Gasteiger partial charge is 0.261 e. The van der Waals surface area contributed by atoms with E-state index in [1.54, 1.807) is 0 Å². The molecule has 108 valence electrons. The van der Waals surface area contributed by atoms with E-state index in [-0.39, 0.29) is 10.5 Å². The molecule has 0 aliphatic carbocycles. The Hall–Kier alpha value is -2.23. The van der Waals surface area contributed by atoms with Gasteiger partial charge in [-0.05, 0) is 30.3 Å². The lowest BCUT2D eigenvalue weighted by Crippen LogP contribution is -2.13. The maximum absolute atomic E-state index is 12.3. The van der Waals surface area contributed by atoms with Crippen molar-refractivity contribution in [3.05, 3.63) is 53.1 Å². The lowest BCUT2D eigenvalue weighted by atomic mass is 10.2. The van der Waals surface area contributed by atoms with Crippen LogP contribution in [0.5, 0.6) is 5.75 Å². The zero-order valence-corrected chi connectivity index (χ0v) is 12.6. The number of hydrogen-bond acceptors (Lipinski definition) is 4. The van der Waals surface area contributed by atoms with Crippen LogP contribution in [0.1, 0.15) is 5.56 Å². The Balaban J connectivity index is 2.35. The van der Waals surface area contributed by atoms with E-state index in [2.05, 4.69) is 4.72 Å². The topological polar surface area (TPSA) is 79.2 Å². The molecular weight excluding hydrogens is 312 g/mol. The van der Waals surface area contributed by atoms with E-state index in [1.807, 2.05) is 6.07 Å². The summed E-state index contributed by atoms with van der Waals surface area (Å²) in [5.74, 6) is 0.364. The van der Waals surface area contributed by atoms with Crippen LogP contribution in [0.3, 0.4) is 0 Å². The number of ether oxygens (including phenoxy) is 1. The predicted octanol–water partition coefficient (Wildman–Crippen LogP) is 3.02. The van der Waals surface area contributed by atoms with Gasteiger partial charge in [-0.25, -0.2) is 8.42 Å². The van der Waals surface area contributed by atoms with E-state index in [1.165, 1.54) is 49.6 Å². The molecule has 7 heteroatoms. The molecule has 0 aliphatic rings. The third-order valence-corrected chi connectivity index (χ3v) is 4.37. The normalized spacial score (nSPS) is 10.7. The first-order chi connectivity index (χ1) is 9.96. The van der Waals surface area contributed by atoms with Crippen LogP contribution in [-0.2, 0) is 10.0 Å². The number of anilines is 1. The van der Waals surface area contributed by atoms with Crippen molar-refractivity contribution >= 4 is 27.3 Å². The second-order valence-corrected chi connectivity index (χ2v) is 6.18. The third-order valence-electron chi connectivity index (χ3n) is 2.68. The van der Waals surface area contributed by atoms with E-state index in [4.69, 9.17) is 21.6 Å². The molecule has 21 heavy (non-hydrogen) atoms. The number of sulfonamides is 1. The highest BCUT2D eigenvalue weighted by Crippen LogP contribution is 2.28. The minimum Gasteiger partial charge on any atom is -0.495 e. The molecule has 5 nitrogen and oxygen atoms in total. The SMILES string of the molecule is COc1cc(NS(=O)(=O)c2cccc(C#N)c2)ccc1Cl. The van der Waals surface area contributed by atoms with E-state index < -0.39 is 10.0 Å². The second kappa shape index (κ2) is 6.04. The average molecular weight is 323 g/mol. The molecule has 0 saturated carbocycles. The molecule has 0 bridgehead atoms. The van der Waals surface area contributed by atoms with Gasteiger partial charge in [0.2, 0.25) is 0 Å². The molecule has 2 aromatic rings. The largest absolute Gasteiger partial charge is 0.495 e. The van der Waals surface area contributed by atoms with Crippen molar-refractivity contribution in [3.8, 4) is 11.8 Å². The van der Waals surface area contributed by atoms with Crippen LogP contribution >= 0.6 is 11.6 Å². The lowest BCUT2D eigenvalue weighted by molar-refractivity contribution is 0.415. The van der Waals surface area contributed by atoms with E-state index in [0.717, 1.165) is 0 Å². The zero-order valence-electron chi connectivity index (χ0n) is 11.0. The van der Waals surface area contributed by atoms with Crippen molar-refractivity contribution in [3.63, 3.8) is 0 Å². The van der Waals surface area contributed by atoms with Gasteiger partial charge in [-0.1, -0.05) is 17.7 Å². The zero-order chi connectivity index (χ0) is 15.5. The van der Waals surface area contributed by atoms with Gasteiger partial charge < -0.3 is 4.74 Å². The van der Waals surface area contributed by atoms with Gasteiger partial charge in [0, 0.05) is 6.07 Å². The van der Waals surface area contributed by atoms with Gasteiger partial charge in [0.15, 0.2) is 0 Å². The molecule has 0 unspecified atom stereocenters. The summed E-state index contributed by atoms with van der Waals surface area (Å²) in [6.45, 7) is 0. The first-order valence-electron chi connectivity index (χ1n) is 5.83. The Morgan fingerprint density at radius 2 is 2.00 bits per heavy atom. The Bertz CT molecular complexity index is 813. The summed E-state index contributed by atoms with van der Waals surface area (Å²) in [7, 11) is -2.34. The van der Waals surface area contributed by atoms with Crippen molar-refractivity contribution in [1.29, 1.82) is 5.26 Å². The van der Waals surface area contributed by atoms with Crippen molar-refractivity contribution in [2.24, 2.45) is 0 Å². The summed E-state index contributed by atoms with van der Waals surface area (Å²) in [5.41, 5.74) is 0.588. The van der Waals surface area contributed by atoms with Crippen LogP contribution in [0.25, 0.3) is 0 Å². The molecule has 0 saturated heterocycles. The van der Waals surface area contributed by atoms with Gasteiger partial charge >= 0.3 is 0 Å². The molecule has 2 rings (SSSR count). The van der Waals surface area contributed by atoms with Crippen LogP contribution in [0, 0.1) is 11.3 Å². The quantitative estimate of drug-likeness (QED) is 0.938. The monoisotopic (exact) mass is 322 g/mol. The molecule has 0 aliphatic heterocycles. The number of halogens is 1. The molecule has 0 amide bonds. The Morgan fingerprint density at radius 3 is 2.67 bits per heavy atom. The number of nitriles is 1. The Morgan fingerprint density at radius 1 is 1.24 bits per heavy atom. The molecule has 0 aromatic heterocycles. The summed E-state index contributed by atoms with van der Waals surface area (Å²) < 4.78 is 32.0. The summed E-state index contributed by atoms with van der Waals surface area (Å²) in [4.78, 5) is 0.00969. The number of methoxy groups -OCH3 is 1. The summed E-state index contributed by atoms with van der Waals surface area (Å²) in [5, 5.41) is 9.20. The van der Waals surface area contributed by atoms with Gasteiger partial charge in [-0.3, -0.25) is 4.72 Å². The maximum atomic E-state index is 12.3. The van der Waals surface area contributed by atoms with Gasteiger partial charge in [0.1, 0.15) is 5.75 Å². The lowest BCUT2D eigenvalue weighted by Gasteiger charge is -2.10. The molecule has 1 N–H and O–H groups in total. The standard InChI is InChI=1S/C14H11ClN2O3S/c1-20-14-8-11(5-6-13(14)15)17-21(18,19)12-4-2-3-10(7-12)9-16/h2-8,17H,1H3. The van der Waals surface area contributed by atoms with Gasteiger partial charge in [-0.15, -0.1) is 0 Å². The van der Waals surface area contributed by atoms with Crippen LogP contribution in [0.2, 0.25) is 5.02 Å². The molecule has 0 heterocycles. The summed E-state index contributed by atoms with van der Waals surface area (Å²) in [6, 6.07) is 12.2. The minimum absolute atomic E-state index is 0.00969.